The summed E-state index contributed by atoms with van der Waals surface area (Å²) >= 11 is 0. The molecule has 0 bridgehead atoms. The summed E-state index contributed by atoms with van der Waals surface area (Å²) in [5.41, 5.74) is -0.715. The van der Waals surface area contributed by atoms with E-state index in [1.807, 2.05) is 0 Å². The Kier molecular flexibility index (Phi) is 4.85. The summed E-state index contributed by atoms with van der Waals surface area (Å²) in [6.07, 6.45) is 8.13. The van der Waals surface area contributed by atoms with Crippen molar-refractivity contribution in [3.05, 3.63) is 0 Å². The smallest absolute Gasteiger partial charge is 0.325 e. The predicted molar refractivity (Wildman–Crippen MR) is 76.3 cm³/mol. The van der Waals surface area contributed by atoms with Crippen LogP contribution < -0.4 is 5.32 Å². The van der Waals surface area contributed by atoms with Crippen LogP contribution in [0, 0.1) is 5.92 Å². The molecule has 0 aromatic rings. The van der Waals surface area contributed by atoms with Crippen LogP contribution in [0.15, 0.2) is 0 Å². The minimum Gasteiger partial charge on any atom is -0.480 e. The van der Waals surface area contributed by atoms with E-state index in [0.717, 1.165) is 25.8 Å². The minimum atomic E-state index is -0.715. The number of carboxylic acids is 1. The molecule has 0 heterocycles. The maximum Gasteiger partial charge on any atom is 0.325 e. The molecule has 0 aliphatic heterocycles. The third-order valence-electron chi connectivity index (χ3n) is 4.79. The number of carbonyl (C=O) groups is 1. The van der Waals surface area contributed by atoms with Gasteiger partial charge in [-0.15, -0.1) is 0 Å². The van der Waals surface area contributed by atoms with Crippen LogP contribution in [-0.2, 0) is 4.79 Å². The zero-order valence-corrected chi connectivity index (χ0v) is 12.3. The highest BCUT2D eigenvalue weighted by Gasteiger charge is 2.51. The van der Waals surface area contributed by atoms with Crippen molar-refractivity contribution in [2.24, 2.45) is 5.92 Å². The molecule has 4 heteroatoms. The molecule has 0 amide bonds. The lowest BCUT2D eigenvalue weighted by Gasteiger charge is -2.37. The molecule has 1 atom stereocenters. The quantitative estimate of drug-likeness (QED) is 0.708. The SMILES string of the molecule is CCCNC(CN(C)C1CCCC1)(C(=O)O)C1CC1. The number of hydrogen-bond donors (Lipinski definition) is 2. The zero-order valence-electron chi connectivity index (χ0n) is 12.3. The van der Waals surface area contributed by atoms with Crippen LogP contribution in [-0.4, -0.2) is 47.7 Å². The van der Waals surface area contributed by atoms with E-state index in [0.29, 0.717) is 18.5 Å². The second-order valence-electron chi connectivity index (χ2n) is 6.33. The van der Waals surface area contributed by atoms with Crippen molar-refractivity contribution < 1.29 is 9.90 Å². The first kappa shape index (κ1) is 14.8. The van der Waals surface area contributed by atoms with Crippen molar-refractivity contribution in [3.8, 4) is 0 Å². The van der Waals surface area contributed by atoms with E-state index < -0.39 is 11.5 Å². The Morgan fingerprint density at radius 2 is 1.95 bits per heavy atom. The number of aliphatic carboxylic acids is 1. The molecule has 1 unspecified atom stereocenters. The standard InChI is InChI=1S/C15H28N2O2/c1-3-10-16-15(14(18)19,12-8-9-12)11-17(2)13-6-4-5-7-13/h12-13,16H,3-11H2,1-2H3,(H,18,19). The fourth-order valence-corrected chi connectivity index (χ4v) is 3.44. The molecule has 2 fully saturated rings. The Bertz CT molecular complexity index is 311. The van der Waals surface area contributed by atoms with E-state index in [1.54, 1.807) is 0 Å². The van der Waals surface area contributed by atoms with Gasteiger partial charge in [-0.25, -0.2) is 0 Å². The van der Waals surface area contributed by atoms with E-state index in [-0.39, 0.29) is 0 Å². The van der Waals surface area contributed by atoms with Crippen molar-refractivity contribution in [1.82, 2.24) is 10.2 Å². The van der Waals surface area contributed by atoms with Gasteiger partial charge in [0.25, 0.3) is 0 Å². The van der Waals surface area contributed by atoms with Gasteiger partial charge in [-0.05, 0) is 51.6 Å². The summed E-state index contributed by atoms with van der Waals surface area (Å²) in [6, 6.07) is 0.584. The number of carboxylic acid groups (broad SMARTS) is 1. The maximum absolute atomic E-state index is 11.9. The van der Waals surface area contributed by atoms with Crippen LogP contribution >= 0.6 is 0 Å². The fraction of sp³-hybridized carbons (Fsp3) is 0.933. The van der Waals surface area contributed by atoms with Crippen LogP contribution in [0.4, 0.5) is 0 Å². The van der Waals surface area contributed by atoms with Gasteiger partial charge in [-0.2, -0.15) is 0 Å². The van der Waals surface area contributed by atoms with Gasteiger partial charge in [0.2, 0.25) is 0 Å². The van der Waals surface area contributed by atoms with Gasteiger partial charge < -0.3 is 15.3 Å². The lowest BCUT2D eigenvalue weighted by atomic mass is 9.91. The fourth-order valence-electron chi connectivity index (χ4n) is 3.44. The molecule has 19 heavy (non-hydrogen) atoms. The predicted octanol–water partition coefficient (Wildman–Crippen LogP) is 2.09. The largest absolute Gasteiger partial charge is 0.480 e. The molecule has 2 aliphatic rings. The van der Waals surface area contributed by atoms with Crippen molar-refractivity contribution in [3.63, 3.8) is 0 Å². The summed E-state index contributed by atoms with van der Waals surface area (Å²) in [7, 11) is 2.10. The highest BCUT2D eigenvalue weighted by Crippen LogP contribution is 2.41. The monoisotopic (exact) mass is 268 g/mol. The second-order valence-corrected chi connectivity index (χ2v) is 6.33. The molecule has 2 aliphatic carbocycles. The molecular formula is C15H28N2O2. The zero-order chi connectivity index (χ0) is 13.9. The molecule has 2 rings (SSSR count). The summed E-state index contributed by atoms with van der Waals surface area (Å²) < 4.78 is 0. The van der Waals surface area contributed by atoms with Gasteiger partial charge in [0.05, 0.1) is 0 Å². The Morgan fingerprint density at radius 1 is 1.32 bits per heavy atom. The second kappa shape index (κ2) is 6.23. The van der Waals surface area contributed by atoms with Gasteiger partial charge in [-0.3, -0.25) is 4.79 Å². The van der Waals surface area contributed by atoms with Gasteiger partial charge in [0.15, 0.2) is 0 Å². The molecule has 0 aromatic carbocycles. The Hall–Kier alpha value is -0.610. The van der Waals surface area contributed by atoms with Gasteiger partial charge >= 0.3 is 5.97 Å². The molecule has 4 nitrogen and oxygen atoms in total. The van der Waals surface area contributed by atoms with Crippen LogP contribution in [0.1, 0.15) is 51.9 Å². The average molecular weight is 268 g/mol. The van der Waals surface area contributed by atoms with Crippen LogP contribution in [0.2, 0.25) is 0 Å². The topological polar surface area (TPSA) is 52.6 Å². The number of nitrogens with zero attached hydrogens (tertiary/aromatic N) is 1. The number of hydrogen-bond acceptors (Lipinski definition) is 3. The summed E-state index contributed by atoms with van der Waals surface area (Å²) in [6.45, 7) is 3.53. The van der Waals surface area contributed by atoms with Crippen molar-refractivity contribution in [1.29, 1.82) is 0 Å². The van der Waals surface area contributed by atoms with Crippen LogP contribution in [0.25, 0.3) is 0 Å². The van der Waals surface area contributed by atoms with Crippen LogP contribution in [0.3, 0.4) is 0 Å². The third kappa shape index (κ3) is 3.29. The minimum absolute atomic E-state index is 0.320. The van der Waals surface area contributed by atoms with Gasteiger partial charge in [0.1, 0.15) is 5.54 Å². The molecule has 0 aromatic heterocycles. The highest BCUT2D eigenvalue weighted by molar-refractivity contribution is 5.80. The summed E-state index contributed by atoms with van der Waals surface area (Å²) in [5.74, 6) is -0.339. The third-order valence-corrected chi connectivity index (χ3v) is 4.79. The summed E-state index contributed by atoms with van der Waals surface area (Å²) in [5, 5.41) is 13.1. The van der Waals surface area contributed by atoms with Crippen molar-refractivity contribution in [2.75, 3.05) is 20.1 Å². The Balaban J connectivity index is 2.04. The maximum atomic E-state index is 11.9. The van der Waals surface area contributed by atoms with E-state index in [9.17, 15) is 9.90 Å². The van der Waals surface area contributed by atoms with Crippen molar-refractivity contribution in [2.45, 2.75) is 63.5 Å². The number of rotatable bonds is 8. The molecule has 0 spiro atoms. The first-order valence-corrected chi connectivity index (χ1v) is 7.79. The Morgan fingerprint density at radius 3 is 2.42 bits per heavy atom. The first-order valence-electron chi connectivity index (χ1n) is 7.79. The van der Waals surface area contributed by atoms with Gasteiger partial charge in [0, 0.05) is 12.6 Å². The van der Waals surface area contributed by atoms with E-state index in [2.05, 4.69) is 24.2 Å². The summed E-state index contributed by atoms with van der Waals surface area (Å²) in [4.78, 5) is 14.2. The molecule has 0 saturated heterocycles. The number of likely N-dealkylation sites (N-methyl/N-ethyl adjacent to an activating group) is 1. The van der Waals surface area contributed by atoms with E-state index >= 15 is 0 Å². The van der Waals surface area contributed by atoms with Crippen molar-refractivity contribution >= 4 is 5.97 Å². The molecule has 2 N–H and O–H groups in total. The number of nitrogens with one attached hydrogen (secondary N) is 1. The Labute approximate surface area is 116 Å². The lowest BCUT2D eigenvalue weighted by Crippen LogP contribution is -2.61. The molecule has 110 valence electrons. The lowest BCUT2D eigenvalue weighted by molar-refractivity contribution is -0.147. The highest BCUT2D eigenvalue weighted by atomic mass is 16.4. The van der Waals surface area contributed by atoms with E-state index in [4.69, 9.17) is 0 Å². The molecular weight excluding hydrogens is 240 g/mol. The van der Waals surface area contributed by atoms with Crippen LogP contribution in [0.5, 0.6) is 0 Å². The molecule has 2 saturated carbocycles. The van der Waals surface area contributed by atoms with E-state index in [1.165, 1.54) is 25.7 Å². The molecule has 0 radical (unpaired) electrons. The first-order chi connectivity index (χ1) is 9.10. The average Bonchev–Trinajstić information content (AvgIpc) is 3.08. The normalized spacial score (nSPS) is 23.7. The van der Waals surface area contributed by atoms with Gasteiger partial charge in [-0.1, -0.05) is 19.8 Å².